The van der Waals surface area contributed by atoms with Crippen LogP contribution in [0.2, 0.25) is 0 Å². The Bertz CT molecular complexity index is 1100. The maximum Gasteiger partial charge on any atom is 0.171 e. The molecule has 28 heavy (non-hydrogen) atoms. The highest BCUT2D eigenvalue weighted by Gasteiger charge is 2.28. The van der Waals surface area contributed by atoms with Gasteiger partial charge in [-0.3, -0.25) is 0 Å². The fourth-order valence-corrected chi connectivity index (χ4v) is 4.23. The molecule has 0 aromatic heterocycles. The van der Waals surface area contributed by atoms with E-state index in [1.54, 1.807) is 0 Å². The first-order valence-electron chi connectivity index (χ1n) is 9.17. The number of rotatable bonds is 3. The van der Waals surface area contributed by atoms with Crippen LogP contribution in [-0.2, 0) is 0 Å². The van der Waals surface area contributed by atoms with E-state index in [9.17, 15) is 0 Å². The molecular formula is C23H21N3S2. The van der Waals surface area contributed by atoms with Crippen LogP contribution in [0.1, 0.15) is 24.1 Å². The van der Waals surface area contributed by atoms with Crippen molar-refractivity contribution in [3.63, 3.8) is 0 Å². The molecule has 3 aromatic carbocycles. The quantitative estimate of drug-likeness (QED) is 0.512. The van der Waals surface area contributed by atoms with E-state index >= 15 is 0 Å². The van der Waals surface area contributed by atoms with Gasteiger partial charge in [0.05, 0.1) is 6.04 Å². The topological polar surface area (TPSA) is 36.1 Å². The molecule has 0 saturated heterocycles. The Morgan fingerprint density at radius 1 is 0.929 bits per heavy atom. The first kappa shape index (κ1) is 18.6. The standard InChI is InChI=1S/C23H21N3S2/c1-14-10-12-17(13-11-14)25-22(27)20-15(2)24-23(28)26-21(20)19-9-5-7-16-6-3-4-8-18(16)19/h3-13,21H,1-2H3,(H,25,27)(H2,24,26,28). The highest BCUT2D eigenvalue weighted by molar-refractivity contribution is 7.81. The van der Waals surface area contributed by atoms with Crippen molar-refractivity contribution in [3.05, 3.63) is 89.1 Å². The Kier molecular flexibility index (Phi) is 5.11. The maximum atomic E-state index is 5.81. The molecule has 0 amide bonds. The lowest BCUT2D eigenvalue weighted by atomic mass is 9.91. The molecule has 0 aliphatic carbocycles. The van der Waals surface area contributed by atoms with Crippen molar-refractivity contribution in [2.45, 2.75) is 19.9 Å². The van der Waals surface area contributed by atoms with Crippen molar-refractivity contribution >= 4 is 51.0 Å². The van der Waals surface area contributed by atoms with E-state index < -0.39 is 0 Å². The summed E-state index contributed by atoms with van der Waals surface area (Å²) in [6.07, 6.45) is 0. The zero-order valence-electron chi connectivity index (χ0n) is 15.7. The second-order valence-corrected chi connectivity index (χ2v) is 7.78. The van der Waals surface area contributed by atoms with Crippen molar-refractivity contribution in [2.24, 2.45) is 0 Å². The summed E-state index contributed by atoms with van der Waals surface area (Å²) in [6.45, 7) is 4.09. The van der Waals surface area contributed by atoms with Crippen LogP contribution >= 0.6 is 24.4 Å². The summed E-state index contributed by atoms with van der Waals surface area (Å²) in [6, 6.07) is 22.8. The molecule has 1 atom stereocenters. The largest absolute Gasteiger partial charge is 0.351 e. The van der Waals surface area contributed by atoms with Crippen molar-refractivity contribution in [1.29, 1.82) is 0 Å². The molecule has 1 aliphatic rings. The zero-order chi connectivity index (χ0) is 19.7. The molecule has 1 heterocycles. The minimum absolute atomic E-state index is 0.120. The predicted octanol–water partition coefficient (Wildman–Crippen LogP) is 5.38. The molecule has 1 aliphatic heterocycles. The Morgan fingerprint density at radius 3 is 2.43 bits per heavy atom. The molecule has 0 spiro atoms. The molecule has 0 radical (unpaired) electrons. The smallest absolute Gasteiger partial charge is 0.171 e. The molecule has 5 heteroatoms. The van der Waals surface area contributed by atoms with Crippen molar-refractivity contribution < 1.29 is 0 Å². The molecule has 140 valence electrons. The molecule has 3 aromatic rings. The Labute approximate surface area is 175 Å². The third-order valence-corrected chi connectivity index (χ3v) is 5.50. The Balaban J connectivity index is 1.76. The summed E-state index contributed by atoms with van der Waals surface area (Å²) in [7, 11) is 0. The number of fused-ring (bicyclic) bond motifs is 1. The van der Waals surface area contributed by atoms with Gasteiger partial charge in [0.15, 0.2) is 5.11 Å². The molecule has 4 rings (SSSR count). The molecule has 1 unspecified atom stereocenters. The lowest BCUT2D eigenvalue weighted by Crippen LogP contribution is -2.45. The summed E-state index contributed by atoms with van der Waals surface area (Å²) in [5, 5.41) is 13.0. The average molecular weight is 404 g/mol. The van der Waals surface area contributed by atoms with Gasteiger partial charge in [0.2, 0.25) is 0 Å². The summed E-state index contributed by atoms with van der Waals surface area (Å²) in [4.78, 5) is 0.682. The first-order valence-corrected chi connectivity index (χ1v) is 9.98. The van der Waals surface area contributed by atoms with E-state index in [0.29, 0.717) is 10.1 Å². The van der Waals surface area contributed by atoms with E-state index in [2.05, 4.69) is 77.5 Å². The minimum Gasteiger partial charge on any atom is -0.351 e. The fourth-order valence-electron chi connectivity index (χ4n) is 3.57. The maximum absolute atomic E-state index is 5.81. The van der Waals surface area contributed by atoms with Crippen LogP contribution in [0.15, 0.2) is 78.0 Å². The molecule has 0 saturated carbocycles. The van der Waals surface area contributed by atoms with E-state index in [4.69, 9.17) is 24.4 Å². The third-order valence-electron chi connectivity index (χ3n) is 4.96. The second kappa shape index (κ2) is 7.70. The highest BCUT2D eigenvalue weighted by atomic mass is 32.1. The number of thiocarbonyl (C=S) groups is 2. The van der Waals surface area contributed by atoms with Gasteiger partial charge in [0.25, 0.3) is 0 Å². The summed E-state index contributed by atoms with van der Waals surface area (Å²) >= 11 is 11.3. The summed E-state index contributed by atoms with van der Waals surface area (Å²) in [5.41, 5.74) is 5.31. The SMILES string of the molecule is CC1=C(C(=S)Nc2ccc(C)cc2)C(c2cccc3ccccc23)NC(=S)N1. The van der Waals surface area contributed by atoms with Crippen molar-refractivity contribution in [2.75, 3.05) is 5.32 Å². The normalized spacial score (nSPS) is 16.5. The number of allylic oxidation sites excluding steroid dienone is 1. The summed E-state index contributed by atoms with van der Waals surface area (Å²) < 4.78 is 0. The van der Waals surface area contributed by atoms with Gasteiger partial charge in [-0.15, -0.1) is 0 Å². The average Bonchev–Trinajstić information content (AvgIpc) is 2.68. The van der Waals surface area contributed by atoms with Crippen LogP contribution in [0, 0.1) is 6.92 Å². The molecule has 0 fully saturated rings. The van der Waals surface area contributed by atoms with Gasteiger partial charge in [-0.05, 0) is 54.5 Å². The number of hydrogen-bond acceptors (Lipinski definition) is 2. The number of aryl methyl sites for hydroxylation is 1. The van der Waals surface area contributed by atoms with Gasteiger partial charge < -0.3 is 16.0 Å². The second-order valence-electron chi connectivity index (χ2n) is 6.96. The van der Waals surface area contributed by atoms with E-state index in [1.807, 2.05) is 19.1 Å². The molecule has 3 nitrogen and oxygen atoms in total. The van der Waals surface area contributed by atoms with Crippen LogP contribution in [0.4, 0.5) is 5.69 Å². The molecule has 3 N–H and O–H groups in total. The van der Waals surface area contributed by atoms with Crippen LogP contribution in [0.5, 0.6) is 0 Å². The monoisotopic (exact) mass is 403 g/mol. The van der Waals surface area contributed by atoms with Crippen LogP contribution in [-0.4, -0.2) is 10.1 Å². The van der Waals surface area contributed by atoms with Gasteiger partial charge >= 0.3 is 0 Å². The first-order chi connectivity index (χ1) is 13.5. The van der Waals surface area contributed by atoms with Crippen molar-refractivity contribution in [1.82, 2.24) is 10.6 Å². The van der Waals surface area contributed by atoms with E-state index in [0.717, 1.165) is 22.5 Å². The highest BCUT2D eigenvalue weighted by Crippen LogP contribution is 2.33. The number of benzene rings is 3. The number of hydrogen-bond donors (Lipinski definition) is 3. The molecule has 0 bridgehead atoms. The summed E-state index contributed by atoms with van der Waals surface area (Å²) in [5.74, 6) is 0. The van der Waals surface area contributed by atoms with E-state index in [1.165, 1.54) is 16.3 Å². The van der Waals surface area contributed by atoms with Crippen molar-refractivity contribution in [3.8, 4) is 0 Å². The lowest BCUT2D eigenvalue weighted by Gasteiger charge is -2.32. The van der Waals surface area contributed by atoms with E-state index in [-0.39, 0.29) is 6.04 Å². The lowest BCUT2D eigenvalue weighted by molar-refractivity contribution is 0.722. The Morgan fingerprint density at radius 2 is 1.64 bits per heavy atom. The number of nitrogens with one attached hydrogen (secondary N) is 3. The van der Waals surface area contributed by atoms with Crippen LogP contribution in [0.25, 0.3) is 10.8 Å². The van der Waals surface area contributed by atoms with Gasteiger partial charge in [0, 0.05) is 17.0 Å². The predicted molar refractivity (Wildman–Crippen MR) is 126 cm³/mol. The Hall–Kier alpha value is -2.76. The number of anilines is 1. The molecular weight excluding hydrogens is 382 g/mol. The van der Waals surface area contributed by atoms with Gasteiger partial charge in [0.1, 0.15) is 4.99 Å². The third kappa shape index (κ3) is 3.63. The fraction of sp³-hybridized carbons (Fsp3) is 0.130. The van der Waals surface area contributed by atoms with Gasteiger partial charge in [-0.1, -0.05) is 72.4 Å². The van der Waals surface area contributed by atoms with Gasteiger partial charge in [-0.2, -0.15) is 0 Å². The minimum atomic E-state index is -0.120. The zero-order valence-corrected chi connectivity index (χ0v) is 17.4. The van der Waals surface area contributed by atoms with Crippen LogP contribution < -0.4 is 16.0 Å². The van der Waals surface area contributed by atoms with Gasteiger partial charge in [-0.25, -0.2) is 0 Å². The van der Waals surface area contributed by atoms with Crippen LogP contribution in [0.3, 0.4) is 0 Å².